The molecular weight excluding hydrogens is 292 g/mol. The van der Waals surface area contributed by atoms with Crippen LogP contribution in [-0.4, -0.2) is 61.8 Å². The molecule has 1 atom stereocenters. The van der Waals surface area contributed by atoms with Gasteiger partial charge in [0, 0.05) is 12.6 Å². The summed E-state index contributed by atoms with van der Waals surface area (Å²) < 4.78 is 2.42. The van der Waals surface area contributed by atoms with Crippen LogP contribution >= 0.6 is 0 Å². The third-order valence-corrected chi connectivity index (χ3v) is 4.59. The molecule has 2 fully saturated rings. The number of aromatic nitrogens is 4. The van der Waals surface area contributed by atoms with Crippen molar-refractivity contribution in [1.82, 2.24) is 25.0 Å². The molecule has 1 unspecified atom stereocenters. The number of likely N-dealkylation sites (tertiary alicyclic amines) is 1. The molecule has 0 aromatic carbocycles. The Hall–Kier alpha value is -2.18. The Morgan fingerprint density at radius 3 is 3.00 bits per heavy atom. The summed E-state index contributed by atoms with van der Waals surface area (Å²) in [4.78, 5) is 14.2. The predicted octanol–water partition coefficient (Wildman–Crippen LogP) is 1.29. The Kier molecular flexibility index (Phi) is 4.08. The number of pyridine rings is 1. The standard InChI is InChI=1S/C16H23N6O/c1-3-10-20(11-4-1)13-21-12-5-2-8-15(21)23-22-16-14(18-19-22)7-6-9-17-16/h6-7,9,13,15H,1-5,8,10-12H2/q+1. The summed E-state index contributed by atoms with van der Waals surface area (Å²) in [5, 5.41) is 8.21. The highest BCUT2D eigenvalue weighted by Gasteiger charge is 2.29. The second-order valence-corrected chi connectivity index (χ2v) is 6.31. The maximum absolute atomic E-state index is 6.11. The molecule has 23 heavy (non-hydrogen) atoms. The third-order valence-electron chi connectivity index (χ3n) is 4.59. The van der Waals surface area contributed by atoms with E-state index in [2.05, 4.69) is 31.1 Å². The Morgan fingerprint density at radius 2 is 2.09 bits per heavy atom. The van der Waals surface area contributed by atoms with Gasteiger partial charge in [-0.2, -0.15) is 0 Å². The molecule has 7 nitrogen and oxygen atoms in total. The summed E-state index contributed by atoms with van der Waals surface area (Å²) >= 11 is 0. The number of rotatable bonds is 3. The molecule has 4 rings (SSSR count). The number of nitrogens with zero attached hydrogens (tertiary/aromatic N) is 6. The van der Waals surface area contributed by atoms with Gasteiger partial charge in [0.2, 0.25) is 12.0 Å². The van der Waals surface area contributed by atoms with Crippen molar-refractivity contribution in [2.45, 2.75) is 44.8 Å². The lowest BCUT2D eigenvalue weighted by atomic mass is 10.1. The average molecular weight is 315 g/mol. The highest BCUT2D eigenvalue weighted by molar-refractivity contribution is 5.68. The lowest BCUT2D eigenvalue weighted by Gasteiger charge is -2.28. The zero-order valence-corrected chi connectivity index (χ0v) is 13.3. The van der Waals surface area contributed by atoms with Crippen LogP contribution in [0.5, 0.6) is 0 Å². The molecule has 0 N–H and O–H groups in total. The summed E-state index contributed by atoms with van der Waals surface area (Å²) in [6.07, 6.45) is 11.3. The number of piperidine rings is 2. The van der Waals surface area contributed by atoms with Gasteiger partial charge >= 0.3 is 0 Å². The van der Waals surface area contributed by atoms with Crippen LogP contribution in [0.15, 0.2) is 18.3 Å². The molecule has 0 radical (unpaired) electrons. The van der Waals surface area contributed by atoms with Gasteiger partial charge in [-0.05, 0) is 49.5 Å². The third kappa shape index (κ3) is 3.13. The van der Waals surface area contributed by atoms with Gasteiger partial charge in [0.15, 0.2) is 0 Å². The van der Waals surface area contributed by atoms with Gasteiger partial charge < -0.3 is 4.84 Å². The van der Waals surface area contributed by atoms with Crippen molar-refractivity contribution >= 4 is 17.5 Å². The summed E-state index contributed by atoms with van der Waals surface area (Å²) in [5.74, 6) is 0. The van der Waals surface area contributed by atoms with Crippen molar-refractivity contribution in [1.29, 1.82) is 0 Å². The molecule has 4 heterocycles. The monoisotopic (exact) mass is 315 g/mol. The average Bonchev–Trinajstić information content (AvgIpc) is 3.01. The summed E-state index contributed by atoms with van der Waals surface area (Å²) in [6, 6.07) is 3.76. The van der Waals surface area contributed by atoms with Crippen molar-refractivity contribution in [2.24, 2.45) is 0 Å². The largest absolute Gasteiger partial charge is 0.345 e. The van der Waals surface area contributed by atoms with E-state index >= 15 is 0 Å². The first kappa shape index (κ1) is 14.4. The Balaban J connectivity index is 1.53. The van der Waals surface area contributed by atoms with E-state index in [1.165, 1.54) is 36.9 Å². The molecule has 7 heteroatoms. The quantitative estimate of drug-likeness (QED) is 0.631. The van der Waals surface area contributed by atoms with E-state index in [1.807, 2.05) is 12.1 Å². The predicted molar refractivity (Wildman–Crippen MR) is 86.2 cm³/mol. The van der Waals surface area contributed by atoms with Gasteiger partial charge in [0.1, 0.15) is 5.52 Å². The SMILES string of the molecule is C(N1CCCCC1On1nnc2cccnc21)=[N+]1CCCCC1. The lowest BCUT2D eigenvalue weighted by Crippen LogP contribution is -2.47. The van der Waals surface area contributed by atoms with Crippen molar-refractivity contribution in [2.75, 3.05) is 19.6 Å². The fraction of sp³-hybridized carbons (Fsp3) is 0.625. The molecule has 2 aliphatic heterocycles. The second kappa shape index (κ2) is 6.52. The fourth-order valence-corrected chi connectivity index (χ4v) is 3.34. The van der Waals surface area contributed by atoms with Crippen LogP contribution < -0.4 is 4.84 Å². The van der Waals surface area contributed by atoms with Crippen molar-refractivity contribution in [3.63, 3.8) is 0 Å². The molecule has 0 spiro atoms. The van der Waals surface area contributed by atoms with E-state index in [9.17, 15) is 0 Å². The van der Waals surface area contributed by atoms with Gasteiger partial charge in [0.05, 0.1) is 19.6 Å². The van der Waals surface area contributed by atoms with E-state index < -0.39 is 0 Å². The Labute approximate surface area is 135 Å². The van der Waals surface area contributed by atoms with Gasteiger partial charge in [0.25, 0.3) is 6.23 Å². The molecule has 122 valence electrons. The molecule has 2 aromatic rings. The number of hydrogen-bond acceptors (Lipinski definition) is 4. The first-order chi connectivity index (χ1) is 11.4. The van der Waals surface area contributed by atoms with Crippen LogP contribution in [0.25, 0.3) is 11.2 Å². The summed E-state index contributed by atoms with van der Waals surface area (Å²) in [6.45, 7) is 3.33. The number of fused-ring (bicyclic) bond motifs is 1. The maximum atomic E-state index is 6.11. The molecule has 0 bridgehead atoms. The van der Waals surface area contributed by atoms with Crippen LogP contribution in [0.3, 0.4) is 0 Å². The van der Waals surface area contributed by atoms with E-state index in [-0.39, 0.29) is 6.23 Å². The first-order valence-corrected chi connectivity index (χ1v) is 8.58. The zero-order chi connectivity index (χ0) is 15.5. The minimum atomic E-state index is -0.00224. The first-order valence-electron chi connectivity index (χ1n) is 8.58. The Bertz CT molecular complexity index is 689. The van der Waals surface area contributed by atoms with Gasteiger partial charge in [-0.25, -0.2) is 9.88 Å². The maximum Gasteiger partial charge on any atom is 0.262 e. The summed E-state index contributed by atoms with van der Waals surface area (Å²) in [7, 11) is 0. The van der Waals surface area contributed by atoms with Crippen molar-refractivity contribution < 1.29 is 9.41 Å². The minimum Gasteiger partial charge on any atom is -0.345 e. The molecule has 2 aromatic heterocycles. The van der Waals surface area contributed by atoms with Crippen LogP contribution in [0.2, 0.25) is 0 Å². The van der Waals surface area contributed by atoms with E-state index in [0.29, 0.717) is 5.65 Å². The highest BCUT2D eigenvalue weighted by Crippen LogP contribution is 2.16. The van der Waals surface area contributed by atoms with Gasteiger partial charge in [-0.1, -0.05) is 4.85 Å². The normalized spacial score (nSPS) is 22.3. The Morgan fingerprint density at radius 1 is 1.17 bits per heavy atom. The number of hydrogen-bond donors (Lipinski definition) is 0. The molecule has 0 aliphatic carbocycles. The highest BCUT2D eigenvalue weighted by atomic mass is 16.7. The topological polar surface area (TPSA) is 59.1 Å². The van der Waals surface area contributed by atoms with Crippen molar-refractivity contribution in [3.8, 4) is 0 Å². The smallest absolute Gasteiger partial charge is 0.262 e. The van der Waals surface area contributed by atoms with E-state index in [4.69, 9.17) is 4.84 Å². The van der Waals surface area contributed by atoms with Gasteiger partial charge in [-0.3, -0.25) is 4.58 Å². The molecule has 2 saturated heterocycles. The van der Waals surface area contributed by atoms with Crippen LogP contribution in [0.4, 0.5) is 0 Å². The second-order valence-electron chi connectivity index (χ2n) is 6.31. The zero-order valence-electron chi connectivity index (χ0n) is 13.3. The minimum absolute atomic E-state index is 0.00224. The summed E-state index contributed by atoms with van der Waals surface area (Å²) in [5.41, 5.74) is 1.44. The van der Waals surface area contributed by atoms with Crippen molar-refractivity contribution in [3.05, 3.63) is 18.3 Å². The van der Waals surface area contributed by atoms with E-state index in [1.54, 1.807) is 6.20 Å². The lowest BCUT2D eigenvalue weighted by molar-refractivity contribution is -0.538. The van der Waals surface area contributed by atoms with E-state index in [0.717, 1.165) is 31.6 Å². The van der Waals surface area contributed by atoms with Gasteiger partial charge in [-0.15, -0.1) is 5.10 Å². The fourth-order valence-electron chi connectivity index (χ4n) is 3.34. The van der Waals surface area contributed by atoms with Crippen LogP contribution in [0, 0.1) is 0 Å². The van der Waals surface area contributed by atoms with Crippen LogP contribution in [0.1, 0.15) is 38.5 Å². The molecular formula is C16H23N6O+. The molecule has 0 amide bonds. The molecule has 0 saturated carbocycles. The van der Waals surface area contributed by atoms with Crippen LogP contribution in [-0.2, 0) is 0 Å². The molecule has 2 aliphatic rings.